The minimum absolute atomic E-state index is 0.383. The summed E-state index contributed by atoms with van der Waals surface area (Å²) in [4.78, 5) is 0. The Kier molecular flexibility index (Phi) is 3.95. The van der Waals surface area contributed by atoms with Gasteiger partial charge in [-0.2, -0.15) is 0 Å². The largest absolute Gasteiger partial charge is 0.507 e. The number of phenols is 1. The second-order valence-corrected chi connectivity index (χ2v) is 4.66. The first-order valence-electron chi connectivity index (χ1n) is 6.27. The van der Waals surface area contributed by atoms with Crippen LogP contribution in [-0.2, 0) is 6.54 Å². The first-order valence-corrected chi connectivity index (χ1v) is 6.27. The monoisotopic (exact) mass is 257 g/mol. The van der Waals surface area contributed by atoms with Gasteiger partial charge in [0.05, 0.1) is 7.11 Å². The Morgan fingerprint density at radius 2 is 1.63 bits per heavy atom. The quantitative estimate of drug-likeness (QED) is 0.878. The van der Waals surface area contributed by atoms with Crippen LogP contribution in [-0.4, -0.2) is 12.2 Å². The standard InChI is InChI=1S/C16H19NO2/c1-11-8-13(9-12(2)16(11)18)10-17-14-4-6-15(19-3)7-5-14/h4-9,17-18H,10H2,1-3H3. The van der Waals surface area contributed by atoms with Crippen molar-refractivity contribution in [2.75, 3.05) is 12.4 Å². The van der Waals surface area contributed by atoms with Crippen LogP contribution in [0.3, 0.4) is 0 Å². The summed E-state index contributed by atoms with van der Waals surface area (Å²) >= 11 is 0. The van der Waals surface area contributed by atoms with Gasteiger partial charge >= 0.3 is 0 Å². The summed E-state index contributed by atoms with van der Waals surface area (Å²) in [5.74, 6) is 1.23. The fraction of sp³-hybridized carbons (Fsp3) is 0.250. The van der Waals surface area contributed by atoms with Crippen LogP contribution in [0.2, 0.25) is 0 Å². The molecule has 3 heteroatoms. The Balaban J connectivity index is 2.05. The number of aromatic hydroxyl groups is 1. The molecule has 0 unspecified atom stereocenters. The van der Waals surface area contributed by atoms with E-state index in [0.717, 1.165) is 34.7 Å². The van der Waals surface area contributed by atoms with E-state index in [1.54, 1.807) is 7.11 Å². The van der Waals surface area contributed by atoms with Crippen molar-refractivity contribution in [1.82, 2.24) is 0 Å². The van der Waals surface area contributed by atoms with E-state index in [9.17, 15) is 5.11 Å². The first-order chi connectivity index (χ1) is 9.10. The van der Waals surface area contributed by atoms with Crippen molar-refractivity contribution < 1.29 is 9.84 Å². The van der Waals surface area contributed by atoms with Crippen molar-refractivity contribution in [3.8, 4) is 11.5 Å². The summed E-state index contributed by atoms with van der Waals surface area (Å²) in [7, 11) is 1.66. The second-order valence-electron chi connectivity index (χ2n) is 4.66. The number of aryl methyl sites for hydroxylation is 2. The molecular weight excluding hydrogens is 238 g/mol. The van der Waals surface area contributed by atoms with Gasteiger partial charge in [0.1, 0.15) is 11.5 Å². The van der Waals surface area contributed by atoms with Gasteiger partial charge in [-0.15, -0.1) is 0 Å². The van der Waals surface area contributed by atoms with E-state index in [0.29, 0.717) is 5.75 Å². The summed E-state index contributed by atoms with van der Waals surface area (Å²) in [6, 6.07) is 11.8. The third kappa shape index (κ3) is 3.19. The summed E-state index contributed by atoms with van der Waals surface area (Å²) < 4.78 is 5.12. The molecule has 0 atom stereocenters. The molecule has 0 saturated heterocycles. The zero-order valence-corrected chi connectivity index (χ0v) is 11.5. The van der Waals surface area contributed by atoms with Crippen LogP contribution in [0.4, 0.5) is 5.69 Å². The SMILES string of the molecule is COc1ccc(NCc2cc(C)c(O)c(C)c2)cc1. The highest BCUT2D eigenvalue weighted by Crippen LogP contribution is 2.23. The van der Waals surface area contributed by atoms with Gasteiger partial charge in [0.2, 0.25) is 0 Å². The van der Waals surface area contributed by atoms with Gasteiger partial charge in [-0.05, 0) is 54.8 Å². The van der Waals surface area contributed by atoms with E-state index in [-0.39, 0.29) is 0 Å². The van der Waals surface area contributed by atoms with Crippen LogP contribution >= 0.6 is 0 Å². The van der Waals surface area contributed by atoms with Gasteiger partial charge in [0, 0.05) is 12.2 Å². The van der Waals surface area contributed by atoms with E-state index < -0.39 is 0 Å². The van der Waals surface area contributed by atoms with Crippen LogP contribution in [0.15, 0.2) is 36.4 Å². The van der Waals surface area contributed by atoms with Crippen molar-refractivity contribution in [1.29, 1.82) is 0 Å². The fourth-order valence-electron chi connectivity index (χ4n) is 2.06. The predicted octanol–water partition coefficient (Wildman–Crippen LogP) is 3.63. The molecule has 0 aliphatic heterocycles. The van der Waals surface area contributed by atoms with E-state index >= 15 is 0 Å². The molecule has 0 fully saturated rings. The maximum absolute atomic E-state index is 9.74. The van der Waals surface area contributed by atoms with E-state index in [4.69, 9.17) is 4.74 Å². The smallest absolute Gasteiger partial charge is 0.121 e. The predicted molar refractivity (Wildman–Crippen MR) is 77.9 cm³/mol. The molecule has 2 rings (SSSR count). The maximum atomic E-state index is 9.74. The Morgan fingerprint density at radius 3 is 2.16 bits per heavy atom. The molecule has 0 radical (unpaired) electrons. The number of anilines is 1. The number of phenolic OH excluding ortho intramolecular Hbond substituents is 1. The molecule has 0 aromatic heterocycles. The number of hydrogen-bond acceptors (Lipinski definition) is 3. The highest BCUT2D eigenvalue weighted by atomic mass is 16.5. The number of ether oxygens (including phenoxy) is 1. The molecule has 0 amide bonds. The van der Waals surface area contributed by atoms with E-state index in [2.05, 4.69) is 5.32 Å². The lowest BCUT2D eigenvalue weighted by atomic mass is 10.1. The lowest BCUT2D eigenvalue weighted by molar-refractivity contribution is 0.415. The Bertz CT molecular complexity index is 538. The number of nitrogens with one attached hydrogen (secondary N) is 1. The minimum atomic E-state index is 0.383. The van der Waals surface area contributed by atoms with Crippen LogP contribution in [0, 0.1) is 13.8 Å². The summed E-state index contributed by atoms with van der Waals surface area (Å²) in [5.41, 5.74) is 4.02. The molecule has 100 valence electrons. The number of benzene rings is 2. The molecular formula is C16H19NO2. The van der Waals surface area contributed by atoms with Gasteiger partial charge < -0.3 is 15.2 Å². The molecule has 0 saturated carbocycles. The summed E-state index contributed by atoms with van der Waals surface area (Å²) in [6.45, 7) is 4.56. The highest BCUT2D eigenvalue weighted by Gasteiger charge is 2.03. The molecule has 3 nitrogen and oxygen atoms in total. The summed E-state index contributed by atoms with van der Waals surface area (Å²) in [5, 5.41) is 13.1. The number of rotatable bonds is 4. The Labute approximate surface area is 113 Å². The average Bonchev–Trinajstić information content (AvgIpc) is 2.43. The lowest BCUT2D eigenvalue weighted by Crippen LogP contribution is -2.00. The third-order valence-electron chi connectivity index (χ3n) is 3.14. The highest BCUT2D eigenvalue weighted by molar-refractivity contribution is 5.48. The van der Waals surface area contributed by atoms with Gasteiger partial charge in [-0.3, -0.25) is 0 Å². The normalized spacial score (nSPS) is 10.3. The van der Waals surface area contributed by atoms with Crippen LogP contribution in [0.25, 0.3) is 0 Å². The molecule has 2 N–H and O–H groups in total. The van der Waals surface area contributed by atoms with Crippen molar-refractivity contribution >= 4 is 5.69 Å². The summed E-state index contributed by atoms with van der Waals surface area (Å²) in [6.07, 6.45) is 0. The topological polar surface area (TPSA) is 41.5 Å². The Hall–Kier alpha value is -2.16. The fourth-order valence-corrected chi connectivity index (χ4v) is 2.06. The lowest BCUT2D eigenvalue weighted by Gasteiger charge is -2.10. The first kappa shape index (κ1) is 13.3. The molecule has 0 spiro atoms. The average molecular weight is 257 g/mol. The van der Waals surface area contributed by atoms with Crippen molar-refractivity contribution in [3.05, 3.63) is 53.1 Å². The molecule has 2 aromatic carbocycles. The van der Waals surface area contributed by atoms with Crippen LogP contribution in [0.5, 0.6) is 11.5 Å². The van der Waals surface area contributed by atoms with E-state index in [1.165, 1.54) is 0 Å². The molecule has 0 heterocycles. The molecule has 0 aliphatic rings. The van der Waals surface area contributed by atoms with Gasteiger partial charge in [0.15, 0.2) is 0 Å². The minimum Gasteiger partial charge on any atom is -0.507 e. The maximum Gasteiger partial charge on any atom is 0.121 e. The molecule has 2 aromatic rings. The van der Waals surface area contributed by atoms with Crippen molar-refractivity contribution in [2.24, 2.45) is 0 Å². The van der Waals surface area contributed by atoms with Gasteiger partial charge in [-0.25, -0.2) is 0 Å². The zero-order valence-electron chi connectivity index (χ0n) is 11.5. The van der Waals surface area contributed by atoms with Gasteiger partial charge in [0.25, 0.3) is 0 Å². The van der Waals surface area contributed by atoms with Crippen molar-refractivity contribution in [2.45, 2.75) is 20.4 Å². The van der Waals surface area contributed by atoms with Crippen LogP contribution < -0.4 is 10.1 Å². The number of methoxy groups -OCH3 is 1. The number of hydrogen-bond donors (Lipinski definition) is 2. The molecule has 0 bridgehead atoms. The van der Waals surface area contributed by atoms with Gasteiger partial charge in [-0.1, -0.05) is 12.1 Å². The van der Waals surface area contributed by atoms with E-state index in [1.807, 2.05) is 50.2 Å². The third-order valence-corrected chi connectivity index (χ3v) is 3.14. The second kappa shape index (κ2) is 5.65. The molecule has 19 heavy (non-hydrogen) atoms. The van der Waals surface area contributed by atoms with Crippen molar-refractivity contribution in [3.63, 3.8) is 0 Å². The zero-order chi connectivity index (χ0) is 13.8. The Morgan fingerprint density at radius 1 is 1.05 bits per heavy atom. The van der Waals surface area contributed by atoms with Crippen LogP contribution in [0.1, 0.15) is 16.7 Å². The molecule has 0 aliphatic carbocycles.